The number of hydrogen-bond donors (Lipinski definition) is 2. The number of nitrogens with two attached hydrogens (primary N) is 1. The molecule has 16 heavy (non-hydrogen) atoms. The summed E-state index contributed by atoms with van der Waals surface area (Å²) in [5.74, 6) is 0.474. The summed E-state index contributed by atoms with van der Waals surface area (Å²) < 4.78 is 5.16. The number of aromatic nitrogens is 1. The van der Waals surface area contributed by atoms with Crippen LogP contribution in [-0.4, -0.2) is 24.1 Å². The lowest BCUT2D eigenvalue weighted by Crippen LogP contribution is -2.23. The molecular formula is C11H15N3O2. The Morgan fingerprint density at radius 1 is 1.62 bits per heavy atom. The average Bonchev–Trinajstić information content (AvgIpc) is 2.83. The second-order valence-electron chi connectivity index (χ2n) is 3.77. The molecule has 2 heterocycles. The molecule has 0 bridgehead atoms. The summed E-state index contributed by atoms with van der Waals surface area (Å²) >= 11 is 0. The van der Waals surface area contributed by atoms with E-state index in [0.29, 0.717) is 25.6 Å². The fourth-order valence-corrected chi connectivity index (χ4v) is 1.63. The van der Waals surface area contributed by atoms with Crippen LogP contribution < -0.4 is 11.1 Å². The summed E-state index contributed by atoms with van der Waals surface area (Å²) in [7, 11) is 0. The number of carbonyl (C=O) groups is 1. The highest BCUT2D eigenvalue weighted by Gasteiger charge is 2.23. The highest BCUT2D eigenvalue weighted by molar-refractivity contribution is 5.91. The van der Waals surface area contributed by atoms with Gasteiger partial charge in [0.1, 0.15) is 5.82 Å². The predicted molar refractivity (Wildman–Crippen MR) is 59.7 cm³/mol. The van der Waals surface area contributed by atoms with Crippen LogP contribution >= 0.6 is 0 Å². The molecule has 1 unspecified atom stereocenters. The van der Waals surface area contributed by atoms with Crippen LogP contribution in [0.4, 0.5) is 5.82 Å². The summed E-state index contributed by atoms with van der Waals surface area (Å²) in [4.78, 5) is 16.0. The van der Waals surface area contributed by atoms with Crippen molar-refractivity contribution < 1.29 is 9.53 Å². The normalized spacial score (nSPS) is 19.7. The number of rotatable bonds is 3. The van der Waals surface area contributed by atoms with Gasteiger partial charge >= 0.3 is 0 Å². The molecule has 0 radical (unpaired) electrons. The van der Waals surface area contributed by atoms with Gasteiger partial charge in [-0.2, -0.15) is 0 Å². The summed E-state index contributed by atoms with van der Waals surface area (Å²) in [5, 5.41) is 2.77. The van der Waals surface area contributed by atoms with E-state index in [1.807, 2.05) is 12.1 Å². The summed E-state index contributed by atoms with van der Waals surface area (Å²) in [6.07, 6.45) is 0.780. The highest BCUT2D eigenvalue weighted by atomic mass is 16.5. The van der Waals surface area contributed by atoms with Gasteiger partial charge in [0.2, 0.25) is 5.91 Å². The van der Waals surface area contributed by atoms with Gasteiger partial charge in [0.05, 0.1) is 18.2 Å². The minimum absolute atomic E-state index is 0.0285. The molecule has 86 valence electrons. The smallest absolute Gasteiger partial charge is 0.231 e. The topological polar surface area (TPSA) is 77.2 Å². The Morgan fingerprint density at radius 3 is 3.19 bits per heavy atom. The van der Waals surface area contributed by atoms with Crippen LogP contribution in [0.1, 0.15) is 12.1 Å². The standard InChI is InChI=1S/C11H15N3O2/c12-6-9-2-1-3-10(13-9)14-11(15)8-4-5-16-7-8/h1-3,8H,4-7,12H2,(H,13,14,15). The molecule has 1 saturated heterocycles. The third-order valence-corrected chi connectivity index (χ3v) is 2.57. The predicted octanol–water partition coefficient (Wildman–Crippen LogP) is 0.515. The van der Waals surface area contributed by atoms with Gasteiger partial charge in [-0.05, 0) is 18.6 Å². The van der Waals surface area contributed by atoms with Crippen molar-refractivity contribution in [3.63, 3.8) is 0 Å². The molecule has 5 nitrogen and oxygen atoms in total. The van der Waals surface area contributed by atoms with Gasteiger partial charge in [0, 0.05) is 13.2 Å². The molecule has 1 aromatic heterocycles. The third-order valence-electron chi connectivity index (χ3n) is 2.57. The molecule has 0 spiro atoms. The van der Waals surface area contributed by atoms with Crippen molar-refractivity contribution in [1.82, 2.24) is 4.98 Å². The van der Waals surface area contributed by atoms with Crippen molar-refractivity contribution in [2.45, 2.75) is 13.0 Å². The van der Waals surface area contributed by atoms with Gasteiger partial charge < -0.3 is 15.8 Å². The van der Waals surface area contributed by atoms with E-state index >= 15 is 0 Å². The van der Waals surface area contributed by atoms with E-state index in [1.54, 1.807) is 6.07 Å². The van der Waals surface area contributed by atoms with Crippen molar-refractivity contribution in [1.29, 1.82) is 0 Å². The molecule has 1 amide bonds. The largest absolute Gasteiger partial charge is 0.381 e. The van der Waals surface area contributed by atoms with Crippen molar-refractivity contribution in [2.75, 3.05) is 18.5 Å². The minimum Gasteiger partial charge on any atom is -0.381 e. The number of amides is 1. The molecular weight excluding hydrogens is 206 g/mol. The zero-order chi connectivity index (χ0) is 11.4. The van der Waals surface area contributed by atoms with Gasteiger partial charge in [-0.3, -0.25) is 4.79 Å². The van der Waals surface area contributed by atoms with Crippen LogP contribution in [0.15, 0.2) is 18.2 Å². The Bertz CT molecular complexity index is 375. The zero-order valence-corrected chi connectivity index (χ0v) is 8.98. The molecule has 1 aromatic rings. The molecule has 5 heteroatoms. The van der Waals surface area contributed by atoms with E-state index in [0.717, 1.165) is 12.1 Å². The number of pyridine rings is 1. The summed E-state index contributed by atoms with van der Waals surface area (Å²) in [6.45, 7) is 1.53. The first-order valence-electron chi connectivity index (χ1n) is 5.34. The zero-order valence-electron chi connectivity index (χ0n) is 8.98. The second kappa shape index (κ2) is 5.05. The average molecular weight is 221 g/mol. The van der Waals surface area contributed by atoms with E-state index in [4.69, 9.17) is 10.5 Å². The third kappa shape index (κ3) is 2.56. The molecule has 0 aromatic carbocycles. The molecule has 2 rings (SSSR count). The van der Waals surface area contributed by atoms with Gasteiger partial charge in [-0.15, -0.1) is 0 Å². The monoisotopic (exact) mass is 221 g/mol. The SMILES string of the molecule is NCc1cccc(NC(=O)C2CCOC2)n1. The van der Waals surface area contributed by atoms with Crippen LogP contribution in [0.25, 0.3) is 0 Å². The fourth-order valence-electron chi connectivity index (χ4n) is 1.63. The number of carbonyl (C=O) groups excluding carboxylic acids is 1. The lowest BCUT2D eigenvalue weighted by molar-refractivity contribution is -0.119. The summed E-state index contributed by atoms with van der Waals surface area (Å²) in [6, 6.07) is 5.41. The van der Waals surface area contributed by atoms with Crippen LogP contribution in [0, 0.1) is 5.92 Å². The van der Waals surface area contributed by atoms with Crippen molar-refractivity contribution >= 4 is 11.7 Å². The molecule has 3 N–H and O–H groups in total. The first-order chi connectivity index (χ1) is 7.79. The number of ether oxygens (including phenoxy) is 1. The molecule has 1 fully saturated rings. The van der Waals surface area contributed by atoms with E-state index in [1.165, 1.54) is 0 Å². The van der Waals surface area contributed by atoms with Gasteiger partial charge in [0.15, 0.2) is 0 Å². The Hall–Kier alpha value is -1.46. The Kier molecular flexibility index (Phi) is 3.48. The Morgan fingerprint density at radius 2 is 2.50 bits per heavy atom. The van der Waals surface area contributed by atoms with E-state index in [2.05, 4.69) is 10.3 Å². The number of nitrogens with one attached hydrogen (secondary N) is 1. The van der Waals surface area contributed by atoms with Gasteiger partial charge in [-0.1, -0.05) is 6.07 Å². The maximum Gasteiger partial charge on any atom is 0.231 e. The molecule has 0 aliphatic carbocycles. The van der Waals surface area contributed by atoms with Crippen LogP contribution in [0.5, 0.6) is 0 Å². The van der Waals surface area contributed by atoms with Crippen LogP contribution in [0.2, 0.25) is 0 Å². The molecule has 1 atom stereocenters. The number of anilines is 1. The quantitative estimate of drug-likeness (QED) is 0.779. The number of hydrogen-bond acceptors (Lipinski definition) is 4. The molecule has 1 aliphatic rings. The van der Waals surface area contributed by atoms with Gasteiger partial charge in [0.25, 0.3) is 0 Å². The maximum atomic E-state index is 11.8. The Balaban J connectivity index is 1.99. The summed E-state index contributed by atoms with van der Waals surface area (Å²) in [5.41, 5.74) is 6.24. The first-order valence-corrected chi connectivity index (χ1v) is 5.34. The molecule has 0 saturated carbocycles. The second-order valence-corrected chi connectivity index (χ2v) is 3.77. The van der Waals surface area contributed by atoms with Gasteiger partial charge in [-0.25, -0.2) is 4.98 Å². The highest BCUT2D eigenvalue weighted by Crippen LogP contribution is 2.14. The van der Waals surface area contributed by atoms with Crippen molar-refractivity contribution in [3.05, 3.63) is 23.9 Å². The first kappa shape index (κ1) is 11.0. The van der Waals surface area contributed by atoms with Crippen molar-refractivity contribution in [2.24, 2.45) is 11.7 Å². The lowest BCUT2D eigenvalue weighted by Gasteiger charge is -2.09. The fraction of sp³-hybridized carbons (Fsp3) is 0.455. The van der Waals surface area contributed by atoms with E-state index < -0.39 is 0 Å². The van der Waals surface area contributed by atoms with Crippen LogP contribution in [0.3, 0.4) is 0 Å². The maximum absolute atomic E-state index is 11.8. The lowest BCUT2D eigenvalue weighted by atomic mass is 10.1. The van der Waals surface area contributed by atoms with Crippen molar-refractivity contribution in [3.8, 4) is 0 Å². The van der Waals surface area contributed by atoms with Crippen LogP contribution in [-0.2, 0) is 16.1 Å². The Labute approximate surface area is 94.0 Å². The van der Waals surface area contributed by atoms with E-state index in [-0.39, 0.29) is 11.8 Å². The van der Waals surface area contributed by atoms with E-state index in [9.17, 15) is 4.79 Å². The molecule has 1 aliphatic heterocycles. The number of nitrogens with zero attached hydrogens (tertiary/aromatic N) is 1. The minimum atomic E-state index is -0.0525.